The van der Waals surface area contributed by atoms with Gasteiger partial charge in [0.2, 0.25) is 0 Å². The minimum Gasteiger partial charge on any atom is -0.291 e. The molecule has 0 saturated carbocycles. The molecule has 0 heterocycles. The summed E-state index contributed by atoms with van der Waals surface area (Å²) in [5.74, 6) is 0. The summed E-state index contributed by atoms with van der Waals surface area (Å²) in [6, 6.07) is 0. The zero-order valence-electron chi connectivity index (χ0n) is 5.02. The smallest absolute Gasteiger partial charge is 0.198 e. The first-order valence-electron chi connectivity index (χ1n) is 2.87. The molecule has 8 heavy (non-hydrogen) atoms. The van der Waals surface area contributed by atoms with Crippen molar-refractivity contribution in [2.75, 3.05) is 0 Å². The summed E-state index contributed by atoms with van der Waals surface area (Å²) in [6.07, 6.45) is 7.32. The largest absolute Gasteiger partial charge is 0.291 e. The Bertz CT molecular complexity index is 56.8. The highest BCUT2D eigenvalue weighted by molar-refractivity contribution is 5.50. The Morgan fingerprint density at radius 2 is 2.25 bits per heavy atom. The summed E-state index contributed by atoms with van der Waals surface area (Å²) in [7, 11) is 0. The maximum atomic E-state index is 9.62. The van der Waals surface area contributed by atoms with Gasteiger partial charge in [-0.1, -0.05) is 6.08 Å². The van der Waals surface area contributed by atoms with Gasteiger partial charge in [-0.2, -0.15) is 0 Å². The predicted octanol–water partition coefficient (Wildman–Crippen LogP) is 1.84. The molecule has 0 saturated heterocycles. The fraction of sp³-hybridized carbons (Fsp3) is 0.571. The molecule has 0 aromatic heterocycles. The van der Waals surface area contributed by atoms with Crippen LogP contribution in [0, 0.1) is 0 Å². The summed E-state index contributed by atoms with van der Waals surface area (Å²) in [5.41, 5.74) is 0. The van der Waals surface area contributed by atoms with Crippen LogP contribution in [-0.2, 0) is 4.79 Å². The van der Waals surface area contributed by atoms with Crippen LogP contribution in [0.15, 0.2) is 12.7 Å². The van der Waals surface area contributed by atoms with E-state index in [4.69, 9.17) is 0 Å². The van der Waals surface area contributed by atoms with Crippen molar-refractivity contribution in [2.45, 2.75) is 25.7 Å². The van der Waals surface area contributed by atoms with E-state index in [2.05, 4.69) is 6.58 Å². The van der Waals surface area contributed by atoms with Crippen molar-refractivity contribution >= 4 is 6.29 Å². The van der Waals surface area contributed by atoms with Crippen LogP contribution in [-0.4, -0.2) is 6.29 Å². The fourth-order valence-electron chi connectivity index (χ4n) is 0.486. The zero-order valence-corrected chi connectivity index (χ0v) is 5.02. The van der Waals surface area contributed by atoms with E-state index in [9.17, 15) is 4.79 Å². The van der Waals surface area contributed by atoms with E-state index in [1.165, 1.54) is 0 Å². The number of unbranched alkanes of at least 4 members (excludes halogenated alkanes) is 3. The molecule has 0 amide bonds. The van der Waals surface area contributed by atoms with E-state index >= 15 is 0 Å². The van der Waals surface area contributed by atoms with Crippen LogP contribution in [0.4, 0.5) is 0 Å². The van der Waals surface area contributed by atoms with Gasteiger partial charge in [0.25, 0.3) is 0 Å². The molecule has 0 aromatic rings. The first kappa shape index (κ1) is 7.41. The minimum absolute atomic E-state index is 0.577. The van der Waals surface area contributed by atoms with Gasteiger partial charge in [0, 0.05) is 6.42 Å². The molecular weight excluding hydrogens is 100 g/mol. The fourth-order valence-corrected chi connectivity index (χ4v) is 0.486. The molecule has 0 aliphatic heterocycles. The standard InChI is InChI=1S/C7H11O/c1-2-3-4-5-6-7-8/h2H,1,3-6H2. The van der Waals surface area contributed by atoms with E-state index < -0.39 is 0 Å². The molecule has 0 unspecified atom stereocenters. The van der Waals surface area contributed by atoms with Gasteiger partial charge in [-0.3, -0.25) is 4.79 Å². The minimum atomic E-state index is 0.577. The Kier molecular flexibility index (Phi) is 5.94. The van der Waals surface area contributed by atoms with Crippen molar-refractivity contribution < 1.29 is 4.79 Å². The average molecular weight is 111 g/mol. The lowest BCUT2D eigenvalue weighted by molar-refractivity contribution is 0.547. The summed E-state index contributed by atoms with van der Waals surface area (Å²) < 4.78 is 0. The van der Waals surface area contributed by atoms with E-state index in [-0.39, 0.29) is 0 Å². The number of carbonyl (C=O) groups excluding carboxylic acids is 1. The molecule has 0 aliphatic carbocycles. The van der Waals surface area contributed by atoms with Crippen LogP contribution in [0.1, 0.15) is 25.7 Å². The van der Waals surface area contributed by atoms with Gasteiger partial charge in [-0.15, -0.1) is 6.58 Å². The monoisotopic (exact) mass is 111 g/mol. The lowest BCUT2D eigenvalue weighted by atomic mass is 10.2. The molecule has 0 spiro atoms. The maximum Gasteiger partial charge on any atom is 0.198 e. The van der Waals surface area contributed by atoms with Crippen molar-refractivity contribution in [3.8, 4) is 0 Å². The quantitative estimate of drug-likeness (QED) is 0.391. The van der Waals surface area contributed by atoms with Gasteiger partial charge in [0.1, 0.15) is 0 Å². The molecule has 0 aliphatic rings. The molecule has 0 fully saturated rings. The molecule has 1 nitrogen and oxygen atoms in total. The first-order chi connectivity index (χ1) is 3.91. The third kappa shape index (κ3) is 5.41. The van der Waals surface area contributed by atoms with Gasteiger partial charge in [0.15, 0.2) is 6.29 Å². The van der Waals surface area contributed by atoms with E-state index in [1.54, 1.807) is 0 Å². The maximum absolute atomic E-state index is 9.62. The van der Waals surface area contributed by atoms with Crippen molar-refractivity contribution in [3.05, 3.63) is 12.7 Å². The Morgan fingerprint density at radius 1 is 1.50 bits per heavy atom. The summed E-state index contributed by atoms with van der Waals surface area (Å²) in [6.45, 7) is 3.56. The molecule has 0 rings (SSSR count). The second-order valence-electron chi connectivity index (χ2n) is 1.68. The van der Waals surface area contributed by atoms with Gasteiger partial charge >= 0.3 is 0 Å². The van der Waals surface area contributed by atoms with Crippen LogP contribution in [0.3, 0.4) is 0 Å². The Hall–Kier alpha value is -0.590. The van der Waals surface area contributed by atoms with Crippen molar-refractivity contribution in [2.24, 2.45) is 0 Å². The normalized spacial score (nSPS) is 8.50. The summed E-state index contributed by atoms with van der Waals surface area (Å²) >= 11 is 0. The number of allylic oxidation sites excluding steroid dienone is 1. The second kappa shape index (κ2) is 6.41. The van der Waals surface area contributed by atoms with Crippen LogP contribution >= 0.6 is 0 Å². The Balaban J connectivity index is 2.71. The van der Waals surface area contributed by atoms with Crippen LogP contribution in [0.25, 0.3) is 0 Å². The number of hydrogen-bond donors (Lipinski definition) is 0. The van der Waals surface area contributed by atoms with Crippen LogP contribution in [0.2, 0.25) is 0 Å². The van der Waals surface area contributed by atoms with Crippen molar-refractivity contribution in [1.29, 1.82) is 0 Å². The van der Waals surface area contributed by atoms with Gasteiger partial charge in [0.05, 0.1) is 0 Å². The topological polar surface area (TPSA) is 17.1 Å². The van der Waals surface area contributed by atoms with Crippen LogP contribution < -0.4 is 0 Å². The Morgan fingerprint density at radius 3 is 2.75 bits per heavy atom. The van der Waals surface area contributed by atoms with E-state index in [1.807, 2.05) is 12.4 Å². The van der Waals surface area contributed by atoms with Gasteiger partial charge in [-0.25, -0.2) is 0 Å². The molecule has 45 valence electrons. The van der Waals surface area contributed by atoms with E-state index in [0.29, 0.717) is 6.42 Å². The molecule has 0 bridgehead atoms. The molecule has 0 atom stereocenters. The SMILES string of the molecule is C=CCCCC[C]=O. The average Bonchev–Trinajstić information content (AvgIpc) is 1.81. The van der Waals surface area contributed by atoms with Gasteiger partial charge < -0.3 is 0 Å². The molecule has 1 heteroatoms. The van der Waals surface area contributed by atoms with Gasteiger partial charge in [-0.05, 0) is 19.3 Å². The number of hydrogen-bond acceptors (Lipinski definition) is 1. The zero-order chi connectivity index (χ0) is 6.24. The van der Waals surface area contributed by atoms with Crippen molar-refractivity contribution in [1.82, 2.24) is 0 Å². The second-order valence-corrected chi connectivity index (χ2v) is 1.68. The molecular formula is C7H11O. The highest BCUT2D eigenvalue weighted by Gasteiger charge is 1.82. The highest BCUT2D eigenvalue weighted by Crippen LogP contribution is 1.96. The highest BCUT2D eigenvalue weighted by atomic mass is 16.1. The summed E-state index contributed by atoms with van der Waals surface area (Å²) in [4.78, 5) is 9.62. The lowest BCUT2D eigenvalue weighted by Gasteiger charge is -1.86. The third-order valence-electron chi connectivity index (χ3n) is 0.937. The molecule has 0 N–H and O–H groups in total. The van der Waals surface area contributed by atoms with Crippen LogP contribution in [0.5, 0.6) is 0 Å². The lowest BCUT2D eigenvalue weighted by Crippen LogP contribution is -1.74. The predicted molar refractivity (Wildman–Crippen MR) is 34.4 cm³/mol. The Labute approximate surface area is 50.4 Å². The summed E-state index contributed by atoms with van der Waals surface area (Å²) in [5, 5.41) is 0. The molecule has 1 radical (unpaired) electrons. The molecule has 0 aromatic carbocycles. The number of rotatable bonds is 5. The first-order valence-corrected chi connectivity index (χ1v) is 2.87. The van der Waals surface area contributed by atoms with Crippen molar-refractivity contribution in [3.63, 3.8) is 0 Å². The van der Waals surface area contributed by atoms with E-state index in [0.717, 1.165) is 19.3 Å². The third-order valence-corrected chi connectivity index (χ3v) is 0.937.